The minimum absolute atomic E-state index is 0.643. The van der Waals surface area contributed by atoms with Gasteiger partial charge in [-0.2, -0.15) is 0 Å². The molecule has 1 aliphatic heterocycles. The molecule has 3 fully saturated rings. The Morgan fingerprint density at radius 2 is 1.58 bits per heavy atom. The molecular weight excluding hydrogens is 232 g/mol. The molecule has 110 valence electrons. The molecule has 0 amide bonds. The van der Waals surface area contributed by atoms with Crippen molar-refractivity contribution in [2.75, 3.05) is 32.7 Å². The monoisotopic (exact) mass is 264 g/mol. The topological polar surface area (TPSA) is 15.3 Å². The fourth-order valence-electron chi connectivity index (χ4n) is 3.98. The van der Waals surface area contributed by atoms with E-state index in [0.717, 1.165) is 11.8 Å². The Labute approximate surface area is 119 Å². The summed E-state index contributed by atoms with van der Waals surface area (Å²) in [6, 6.07) is 0. The van der Waals surface area contributed by atoms with Crippen LogP contribution in [0.3, 0.4) is 0 Å². The summed E-state index contributed by atoms with van der Waals surface area (Å²) < 4.78 is 0. The van der Waals surface area contributed by atoms with Gasteiger partial charge in [0.15, 0.2) is 0 Å². The van der Waals surface area contributed by atoms with Crippen LogP contribution < -0.4 is 5.32 Å². The maximum absolute atomic E-state index is 3.56. The van der Waals surface area contributed by atoms with Gasteiger partial charge < -0.3 is 10.2 Å². The first-order valence-corrected chi connectivity index (χ1v) is 8.73. The first kappa shape index (κ1) is 13.9. The van der Waals surface area contributed by atoms with Gasteiger partial charge in [-0.3, -0.25) is 0 Å². The molecule has 0 aromatic rings. The third kappa shape index (κ3) is 4.19. The highest BCUT2D eigenvalue weighted by Crippen LogP contribution is 2.39. The van der Waals surface area contributed by atoms with Crippen LogP contribution >= 0.6 is 0 Å². The molecule has 19 heavy (non-hydrogen) atoms. The first-order chi connectivity index (χ1) is 9.30. The van der Waals surface area contributed by atoms with E-state index in [9.17, 15) is 0 Å². The van der Waals surface area contributed by atoms with E-state index < -0.39 is 0 Å². The molecule has 0 atom stereocenters. The van der Waals surface area contributed by atoms with Crippen LogP contribution in [0.25, 0.3) is 0 Å². The molecule has 0 bridgehead atoms. The van der Waals surface area contributed by atoms with Gasteiger partial charge in [0.2, 0.25) is 0 Å². The van der Waals surface area contributed by atoms with Crippen molar-refractivity contribution < 1.29 is 0 Å². The van der Waals surface area contributed by atoms with Crippen LogP contribution in [-0.2, 0) is 0 Å². The van der Waals surface area contributed by atoms with Crippen molar-refractivity contribution in [3.8, 4) is 0 Å². The molecule has 2 nitrogen and oxygen atoms in total. The molecule has 3 rings (SSSR count). The van der Waals surface area contributed by atoms with E-state index in [1.54, 1.807) is 0 Å². The van der Waals surface area contributed by atoms with E-state index >= 15 is 0 Å². The number of nitrogens with zero attached hydrogens (tertiary/aromatic N) is 1. The number of piperidine rings is 1. The van der Waals surface area contributed by atoms with Gasteiger partial charge in [-0.1, -0.05) is 13.3 Å². The zero-order valence-electron chi connectivity index (χ0n) is 12.8. The second kappa shape index (κ2) is 6.13. The Kier molecular flexibility index (Phi) is 4.48. The summed E-state index contributed by atoms with van der Waals surface area (Å²) >= 11 is 0. The second-order valence-corrected chi connectivity index (χ2v) is 7.58. The third-order valence-electron chi connectivity index (χ3n) is 5.43. The molecule has 2 saturated carbocycles. The fraction of sp³-hybridized carbons (Fsp3) is 1.00. The summed E-state index contributed by atoms with van der Waals surface area (Å²) in [6.07, 6.45) is 11.6. The standard InChI is InChI=1S/C17H32N2/c1-2-7-17(8-10-18-11-9-17)14-19(12-15-3-4-15)13-16-5-6-16/h15-16,18H,2-14H2,1H3. The second-order valence-electron chi connectivity index (χ2n) is 7.58. The van der Waals surface area contributed by atoms with Crippen LogP contribution in [0.4, 0.5) is 0 Å². The van der Waals surface area contributed by atoms with Crippen LogP contribution in [0, 0.1) is 17.3 Å². The highest BCUT2D eigenvalue weighted by molar-refractivity contribution is 4.90. The first-order valence-electron chi connectivity index (χ1n) is 8.73. The average molecular weight is 264 g/mol. The summed E-state index contributed by atoms with van der Waals surface area (Å²) in [5.41, 5.74) is 0.643. The highest BCUT2D eigenvalue weighted by atomic mass is 15.1. The van der Waals surface area contributed by atoms with Gasteiger partial charge >= 0.3 is 0 Å². The number of hydrogen-bond acceptors (Lipinski definition) is 2. The smallest absolute Gasteiger partial charge is 0.00392 e. The van der Waals surface area contributed by atoms with Crippen LogP contribution in [0.15, 0.2) is 0 Å². The van der Waals surface area contributed by atoms with Gasteiger partial charge in [-0.25, -0.2) is 0 Å². The maximum atomic E-state index is 3.56. The molecule has 1 N–H and O–H groups in total. The fourth-order valence-corrected chi connectivity index (χ4v) is 3.98. The van der Waals surface area contributed by atoms with E-state index in [1.807, 2.05) is 0 Å². The van der Waals surface area contributed by atoms with E-state index in [1.165, 1.54) is 84.1 Å². The molecule has 0 spiro atoms. The van der Waals surface area contributed by atoms with Crippen molar-refractivity contribution in [3.63, 3.8) is 0 Å². The number of rotatable bonds is 8. The summed E-state index contributed by atoms with van der Waals surface area (Å²) in [7, 11) is 0. The average Bonchev–Trinajstić information content (AvgIpc) is 3.27. The molecule has 0 unspecified atom stereocenters. The van der Waals surface area contributed by atoms with Gasteiger partial charge in [0.25, 0.3) is 0 Å². The summed E-state index contributed by atoms with van der Waals surface area (Å²) in [5.74, 6) is 2.11. The lowest BCUT2D eigenvalue weighted by molar-refractivity contribution is 0.0944. The maximum Gasteiger partial charge on any atom is 0.00392 e. The van der Waals surface area contributed by atoms with Crippen molar-refractivity contribution in [1.29, 1.82) is 0 Å². The summed E-state index contributed by atoms with van der Waals surface area (Å²) in [4.78, 5) is 2.87. The van der Waals surface area contributed by atoms with Gasteiger partial charge in [0, 0.05) is 19.6 Å². The van der Waals surface area contributed by atoms with Crippen molar-refractivity contribution in [1.82, 2.24) is 10.2 Å². The Morgan fingerprint density at radius 3 is 2.05 bits per heavy atom. The SMILES string of the molecule is CCCC1(CN(CC2CC2)CC2CC2)CCNCC1. The van der Waals surface area contributed by atoms with Crippen LogP contribution in [0.5, 0.6) is 0 Å². The molecule has 2 heteroatoms. The van der Waals surface area contributed by atoms with Gasteiger partial charge in [0.05, 0.1) is 0 Å². The zero-order valence-corrected chi connectivity index (χ0v) is 12.8. The molecule has 1 heterocycles. The molecule has 1 saturated heterocycles. The molecule has 3 aliphatic rings. The highest BCUT2D eigenvalue weighted by Gasteiger charge is 2.36. The van der Waals surface area contributed by atoms with Crippen molar-refractivity contribution in [2.45, 2.75) is 58.3 Å². The minimum atomic E-state index is 0.643. The number of hydrogen-bond donors (Lipinski definition) is 1. The van der Waals surface area contributed by atoms with Gasteiger partial charge in [0.1, 0.15) is 0 Å². The lowest BCUT2D eigenvalue weighted by Crippen LogP contribution is -2.45. The summed E-state index contributed by atoms with van der Waals surface area (Å²) in [5, 5.41) is 3.56. The van der Waals surface area contributed by atoms with Gasteiger partial charge in [-0.15, -0.1) is 0 Å². The lowest BCUT2D eigenvalue weighted by atomic mass is 9.75. The van der Waals surface area contributed by atoms with E-state index in [2.05, 4.69) is 17.1 Å². The van der Waals surface area contributed by atoms with Crippen molar-refractivity contribution in [3.05, 3.63) is 0 Å². The van der Waals surface area contributed by atoms with E-state index in [-0.39, 0.29) is 0 Å². The lowest BCUT2D eigenvalue weighted by Gasteiger charge is -2.42. The van der Waals surface area contributed by atoms with Crippen molar-refractivity contribution in [2.24, 2.45) is 17.3 Å². The quantitative estimate of drug-likeness (QED) is 0.724. The largest absolute Gasteiger partial charge is 0.317 e. The molecule has 0 aromatic carbocycles. The third-order valence-corrected chi connectivity index (χ3v) is 5.43. The van der Waals surface area contributed by atoms with Gasteiger partial charge in [-0.05, 0) is 75.3 Å². The number of nitrogens with one attached hydrogen (secondary N) is 1. The van der Waals surface area contributed by atoms with Crippen LogP contribution in [0.2, 0.25) is 0 Å². The predicted octanol–water partition coefficient (Wildman–Crippen LogP) is 3.28. The molecule has 0 radical (unpaired) electrons. The Bertz CT molecular complexity index is 255. The predicted molar refractivity (Wildman–Crippen MR) is 81.3 cm³/mol. The van der Waals surface area contributed by atoms with E-state index in [0.29, 0.717) is 5.41 Å². The Balaban J connectivity index is 1.58. The summed E-state index contributed by atoms with van der Waals surface area (Å²) in [6.45, 7) is 9.09. The van der Waals surface area contributed by atoms with E-state index in [4.69, 9.17) is 0 Å². The zero-order chi connectivity index (χ0) is 13.1. The molecular formula is C17H32N2. The Hall–Kier alpha value is -0.0800. The molecule has 0 aromatic heterocycles. The van der Waals surface area contributed by atoms with Crippen LogP contribution in [-0.4, -0.2) is 37.6 Å². The van der Waals surface area contributed by atoms with Crippen LogP contribution in [0.1, 0.15) is 58.3 Å². The molecule has 2 aliphatic carbocycles. The minimum Gasteiger partial charge on any atom is -0.317 e. The normalized spacial score (nSPS) is 26.8. The van der Waals surface area contributed by atoms with Crippen molar-refractivity contribution >= 4 is 0 Å². The Morgan fingerprint density at radius 1 is 1.00 bits per heavy atom.